The third-order valence-corrected chi connectivity index (χ3v) is 3.68. The predicted molar refractivity (Wildman–Crippen MR) is 70.4 cm³/mol. The number of carbonyl (C=O) groups is 1. The molecule has 1 saturated carbocycles. The topological polar surface area (TPSA) is 55.1 Å². The molecule has 1 aromatic rings. The van der Waals surface area contributed by atoms with E-state index >= 15 is 0 Å². The summed E-state index contributed by atoms with van der Waals surface area (Å²) in [5, 5.41) is 3.69. The second kappa shape index (κ2) is 5.25. The van der Waals surface area contributed by atoms with Gasteiger partial charge in [0, 0.05) is 12.0 Å². The van der Waals surface area contributed by atoms with Crippen molar-refractivity contribution in [3.05, 3.63) is 28.2 Å². The molecular weight excluding hydrogens is 259 g/mol. The standard InChI is InChI=1S/C12H14Cl2N2O/c13-9-2-1-3-10(14)11(9)16-12(17)7-4-5-8(15)6-7/h1-3,7-8H,4-6,15H2,(H,16,17). The van der Waals surface area contributed by atoms with Crippen LogP contribution in [-0.2, 0) is 4.79 Å². The number of amides is 1. The van der Waals surface area contributed by atoms with E-state index in [2.05, 4.69) is 5.32 Å². The summed E-state index contributed by atoms with van der Waals surface area (Å²) in [5.74, 6) is -0.0784. The lowest BCUT2D eigenvalue weighted by Gasteiger charge is -2.13. The van der Waals surface area contributed by atoms with E-state index in [4.69, 9.17) is 28.9 Å². The average molecular weight is 273 g/mol. The van der Waals surface area contributed by atoms with Gasteiger partial charge < -0.3 is 11.1 Å². The van der Waals surface area contributed by atoms with Gasteiger partial charge in [-0.3, -0.25) is 4.79 Å². The van der Waals surface area contributed by atoms with Crippen molar-refractivity contribution >= 4 is 34.8 Å². The number of anilines is 1. The molecule has 5 heteroatoms. The van der Waals surface area contributed by atoms with Gasteiger partial charge >= 0.3 is 0 Å². The Balaban J connectivity index is 2.08. The van der Waals surface area contributed by atoms with Crippen LogP contribution in [0.15, 0.2) is 18.2 Å². The zero-order chi connectivity index (χ0) is 12.4. The van der Waals surface area contributed by atoms with E-state index in [0.717, 1.165) is 19.3 Å². The summed E-state index contributed by atoms with van der Waals surface area (Å²) in [5.41, 5.74) is 6.27. The maximum Gasteiger partial charge on any atom is 0.227 e. The largest absolute Gasteiger partial charge is 0.328 e. The molecule has 0 heterocycles. The molecular formula is C12H14Cl2N2O. The second-order valence-corrected chi connectivity index (χ2v) is 5.17. The van der Waals surface area contributed by atoms with Gasteiger partial charge in [-0.2, -0.15) is 0 Å². The first-order chi connectivity index (χ1) is 8.08. The number of nitrogens with two attached hydrogens (primary N) is 1. The fourth-order valence-corrected chi connectivity index (χ4v) is 2.59. The van der Waals surface area contributed by atoms with Gasteiger partial charge in [-0.05, 0) is 31.4 Å². The van der Waals surface area contributed by atoms with Crippen LogP contribution in [-0.4, -0.2) is 11.9 Å². The van der Waals surface area contributed by atoms with Gasteiger partial charge in [0.15, 0.2) is 0 Å². The molecule has 1 aromatic carbocycles. The minimum absolute atomic E-state index is 0.0302. The number of hydrogen-bond donors (Lipinski definition) is 2. The zero-order valence-corrected chi connectivity index (χ0v) is 10.8. The average Bonchev–Trinajstić information content (AvgIpc) is 2.70. The Morgan fingerprint density at radius 3 is 2.47 bits per heavy atom. The van der Waals surface area contributed by atoms with Gasteiger partial charge in [-0.1, -0.05) is 29.3 Å². The monoisotopic (exact) mass is 272 g/mol. The molecule has 92 valence electrons. The van der Waals surface area contributed by atoms with Crippen molar-refractivity contribution in [2.24, 2.45) is 11.7 Å². The summed E-state index contributed by atoms with van der Waals surface area (Å²) in [7, 11) is 0. The maximum atomic E-state index is 12.0. The Bertz CT molecular complexity index is 416. The minimum atomic E-state index is -0.0482. The lowest BCUT2D eigenvalue weighted by atomic mass is 10.1. The van der Waals surface area contributed by atoms with Crippen LogP contribution in [0.4, 0.5) is 5.69 Å². The van der Waals surface area contributed by atoms with Gasteiger partial charge in [-0.15, -0.1) is 0 Å². The fourth-order valence-electron chi connectivity index (χ4n) is 2.10. The third-order valence-electron chi connectivity index (χ3n) is 3.05. The highest BCUT2D eigenvalue weighted by Crippen LogP contribution is 2.32. The Morgan fingerprint density at radius 1 is 1.29 bits per heavy atom. The summed E-state index contributed by atoms with van der Waals surface area (Å²) in [4.78, 5) is 12.0. The molecule has 0 radical (unpaired) electrons. The predicted octanol–water partition coefficient (Wildman–Crippen LogP) is 3.06. The number of carbonyl (C=O) groups excluding carboxylic acids is 1. The fraction of sp³-hybridized carbons (Fsp3) is 0.417. The SMILES string of the molecule is NC1CCC(C(=O)Nc2c(Cl)cccc2Cl)C1. The first-order valence-corrected chi connectivity index (χ1v) is 6.34. The Morgan fingerprint density at radius 2 is 1.94 bits per heavy atom. The van der Waals surface area contributed by atoms with Crippen molar-refractivity contribution < 1.29 is 4.79 Å². The molecule has 0 saturated heterocycles. The Labute approximate surface area is 110 Å². The van der Waals surface area contributed by atoms with E-state index in [1.54, 1.807) is 18.2 Å². The molecule has 0 aromatic heterocycles. The van der Waals surface area contributed by atoms with Crippen LogP contribution >= 0.6 is 23.2 Å². The van der Waals surface area contributed by atoms with Crippen molar-refractivity contribution in [3.63, 3.8) is 0 Å². The van der Waals surface area contributed by atoms with Gasteiger partial charge in [0.25, 0.3) is 0 Å². The first kappa shape index (κ1) is 12.7. The van der Waals surface area contributed by atoms with Crippen molar-refractivity contribution in [1.29, 1.82) is 0 Å². The first-order valence-electron chi connectivity index (χ1n) is 5.58. The van der Waals surface area contributed by atoms with Gasteiger partial charge in [0.1, 0.15) is 0 Å². The number of para-hydroxylation sites is 1. The second-order valence-electron chi connectivity index (χ2n) is 4.36. The zero-order valence-electron chi connectivity index (χ0n) is 9.25. The molecule has 2 atom stereocenters. The van der Waals surface area contributed by atoms with Gasteiger partial charge in [0.05, 0.1) is 15.7 Å². The molecule has 17 heavy (non-hydrogen) atoms. The number of benzene rings is 1. The van der Waals surface area contributed by atoms with E-state index in [1.807, 2.05) is 0 Å². The van der Waals surface area contributed by atoms with Crippen molar-refractivity contribution in [2.45, 2.75) is 25.3 Å². The minimum Gasteiger partial charge on any atom is -0.328 e. The molecule has 2 rings (SSSR count). The van der Waals surface area contributed by atoms with Crippen LogP contribution in [0.5, 0.6) is 0 Å². The summed E-state index contributed by atoms with van der Waals surface area (Å²) < 4.78 is 0. The van der Waals surface area contributed by atoms with Crippen LogP contribution in [0.25, 0.3) is 0 Å². The van der Waals surface area contributed by atoms with Crippen LogP contribution in [0.3, 0.4) is 0 Å². The summed E-state index contributed by atoms with van der Waals surface area (Å²) in [6.45, 7) is 0. The highest BCUT2D eigenvalue weighted by atomic mass is 35.5. The van der Waals surface area contributed by atoms with Crippen LogP contribution < -0.4 is 11.1 Å². The number of rotatable bonds is 2. The molecule has 1 fully saturated rings. The van der Waals surface area contributed by atoms with Gasteiger partial charge in [0.2, 0.25) is 5.91 Å². The van der Waals surface area contributed by atoms with Crippen LogP contribution in [0, 0.1) is 5.92 Å². The number of hydrogen-bond acceptors (Lipinski definition) is 2. The molecule has 3 N–H and O–H groups in total. The van der Waals surface area contributed by atoms with Crippen molar-refractivity contribution in [2.75, 3.05) is 5.32 Å². The number of nitrogens with one attached hydrogen (secondary N) is 1. The molecule has 2 unspecified atom stereocenters. The van der Waals surface area contributed by atoms with Crippen molar-refractivity contribution in [1.82, 2.24) is 0 Å². The molecule has 0 aliphatic heterocycles. The molecule has 1 aliphatic rings. The van der Waals surface area contributed by atoms with E-state index in [9.17, 15) is 4.79 Å². The molecule has 1 amide bonds. The molecule has 0 spiro atoms. The normalized spacial score (nSPS) is 23.7. The lowest BCUT2D eigenvalue weighted by Crippen LogP contribution is -2.23. The van der Waals surface area contributed by atoms with Crippen LogP contribution in [0.2, 0.25) is 10.0 Å². The summed E-state index contributed by atoms with van der Waals surface area (Å²) in [6, 6.07) is 5.27. The molecule has 1 aliphatic carbocycles. The number of halogens is 2. The van der Waals surface area contributed by atoms with E-state index in [-0.39, 0.29) is 17.9 Å². The Hall–Kier alpha value is -0.770. The molecule has 0 bridgehead atoms. The smallest absolute Gasteiger partial charge is 0.227 e. The lowest BCUT2D eigenvalue weighted by molar-refractivity contribution is -0.119. The van der Waals surface area contributed by atoms with E-state index in [1.165, 1.54) is 0 Å². The Kier molecular flexibility index (Phi) is 3.92. The van der Waals surface area contributed by atoms with E-state index < -0.39 is 0 Å². The van der Waals surface area contributed by atoms with Crippen LogP contribution in [0.1, 0.15) is 19.3 Å². The van der Waals surface area contributed by atoms with Crippen molar-refractivity contribution in [3.8, 4) is 0 Å². The quantitative estimate of drug-likeness (QED) is 0.870. The third kappa shape index (κ3) is 2.92. The highest BCUT2D eigenvalue weighted by Gasteiger charge is 2.28. The van der Waals surface area contributed by atoms with E-state index in [0.29, 0.717) is 15.7 Å². The summed E-state index contributed by atoms with van der Waals surface area (Å²) >= 11 is 12.0. The molecule has 3 nitrogen and oxygen atoms in total. The maximum absolute atomic E-state index is 12.0. The highest BCUT2D eigenvalue weighted by molar-refractivity contribution is 6.39. The van der Waals surface area contributed by atoms with Gasteiger partial charge in [-0.25, -0.2) is 0 Å². The summed E-state index contributed by atoms with van der Waals surface area (Å²) in [6.07, 6.45) is 2.46.